The van der Waals surface area contributed by atoms with Crippen molar-refractivity contribution >= 4 is 34.0 Å². The maximum Gasteiger partial charge on any atom is 0.262 e. The van der Waals surface area contributed by atoms with Crippen LogP contribution in [0.25, 0.3) is 10.8 Å². The molecule has 4 aromatic carbocycles. The van der Waals surface area contributed by atoms with Crippen LogP contribution < -0.4 is 15.0 Å². The van der Waals surface area contributed by atoms with Gasteiger partial charge in [0.1, 0.15) is 5.75 Å². The highest BCUT2D eigenvalue weighted by molar-refractivity contribution is 6.11. The zero-order chi connectivity index (χ0) is 23.2. The Hall–Kier alpha value is -4.12. The molecule has 0 bridgehead atoms. The number of amides is 2. The lowest BCUT2D eigenvalue weighted by molar-refractivity contribution is -0.118. The molecule has 2 amide bonds. The van der Waals surface area contributed by atoms with Crippen molar-refractivity contribution in [3.8, 4) is 5.75 Å². The molecule has 5 nitrogen and oxygen atoms in total. The van der Waals surface area contributed by atoms with E-state index in [9.17, 15) is 9.59 Å². The summed E-state index contributed by atoms with van der Waals surface area (Å²) in [5, 5.41) is 4.92. The summed E-state index contributed by atoms with van der Waals surface area (Å²) in [6.07, 6.45) is 0. The second-order valence-corrected chi connectivity index (χ2v) is 7.77. The monoisotopic (exact) mass is 438 g/mol. The maximum atomic E-state index is 13.3. The number of rotatable bonds is 7. The third-order valence-corrected chi connectivity index (χ3v) is 5.43. The van der Waals surface area contributed by atoms with E-state index in [0.717, 1.165) is 22.0 Å². The van der Waals surface area contributed by atoms with E-state index in [1.165, 1.54) is 0 Å². The third kappa shape index (κ3) is 5.21. The molecule has 0 unspecified atom stereocenters. The van der Waals surface area contributed by atoms with Crippen LogP contribution in [0.15, 0.2) is 91.0 Å². The number of carbonyl (C=O) groups is 2. The quantitative estimate of drug-likeness (QED) is 0.395. The second-order valence-electron chi connectivity index (χ2n) is 7.77. The van der Waals surface area contributed by atoms with E-state index in [1.54, 1.807) is 29.2 Å². The van der Waals surface area contributed by atoms with Crippen molar-refractivity contribution in [3.05, 3.63) is 102 Å². The Morgan fingerprint density at radius 3 is 2.27 bits per heavy atom. The standard InChI is InChI=1S/C28H26N2O3/c1-3-30(26-10-6-8-21-7-4-5-9-25(21)26)28(32)22-13-15-23(16-14-22)29-27(31)19-33-24-17-11-20(2)12-18-24/h4-18H,3,19H2,1-2H3,(H,29,31). The van der Waals surface area contributed by atoms with Crippen LogP contribution in [0.1, 0.15) is 22.8 Å². The molecule has 4 rings (SSSR count). The average Bonchev–Trinajstić information content (AvgIpc) is 2.85. The van der Waals surface area contributed by atoms with E-state index in [1.807, 2.05) is 80.6 Å². The van der Waals surface area contributed by atoms with E-state index in [0.29, 0.717) is 23.5 Å². The van der Waals surface area contributed by atoms with Crippen molar-refractivity contribution in [2.75, 3.05) is 23.4 Å². The molecule has 0 saturated carbocycles. The average molecular weight is 439 g/mol. The molecule has 0 heterocycles. The molecule has 0 radical (unpaired) electrons. The van der Waals surface area contributed by atoms with Crippen LogP contribution in [-0.4, -0.2) is 25.0 Å². The largest absolute Gasteiger partial charge is 0.484 e. The number of nitrogens with one attached hydrogen (secondary N) is 1. The molecule has 0 aliphatic rings. The van der Waals surface area contributed by atoms with E-state index in [4.69, 9.17) is 4.74 Å². The zero-order valence-electron chi connectivity index (χ0n) is 18.7. The zero-order valence-corrected chi connectivity index (χ0v) is 18.7. The predicted molar refractivity (Wildman–Crippen MR) is 133 cm³/mol. The first-order valence-corrected chi connectivity index (χ1v) is 10.9. The van der Waals surface area contributed by atoms with Gasteiger partial charge in [-0.25, -0.2) is 0 Å². The first-order valence-electron chi connectivity index (χ1n) is 10.9. The molecule has 0 fully saturated rings. The van der Waals surface area contributed by atoms with Crippen LogP contribution in [0.3, 0.4) is 0 Å². The van der Waals surface area contributed by atoms with Gasteiger partial charge >= 0.3 is 0 Å². The highest BCUT2D eigenvalue weighted by Crippen LogP contribution is 2.28. The predicted octanol–water partition coefficient (Wildman–Crippen LogP) is 5.83. The third-order valence-electron chi connectivity index (χ3n) is 5.43. The molecule has 0 aromatic heterocycles. The summed E-state index contributed by atoms with van der Waals surface area (Å²) < 4.78 is 5.51. The summed E-state index contributed by atoms with van der Waals surface area (Å²) in [6.45, 7) is 4.41. The van der Waals surface area contributed by atoms with Crippen molar-refractivity contribution in [2.24, 2.45) is 0 Å². The van der Waals surface area contributed by atoms with Gasteiger partial charge in [0.05, 0.1) is 5.69 Å². The number of ether oxygens (including phenoxy) is 1. The molecule has 0 aliphatic heterocycles. The fraction of sp³-hybridized carbons (Fsp3) is 0.143. The first kappa shape index (κ1) is 22.1. The summed E-state index contributed by atoms with van der Waals surface area (Å²) in [4.78, 5) is 27.2. The number of aryl methyl sites for hydroxylation is 1. The fourth-order valence-electron chi connectivity index (χ4n) is 3.70. The Balaban J connectivity index is 1.42. The topological polar surface area (TPSA) is 58.6 Å². The Morgan fingerprint density at radius 2 is 1.55 bits per heavy atom. The van der Waals surface area contributed by atoms with Gasteiger partial charge in [0, 0.05) is 23.2 Å². The number of anilines is 2. The lowest BCUT2D eigenvalue weighted by Gasteiger charge is -2.23. The molecular formula is C28H26N2O3. The molecule has 5 heteroatoms. The van der Waals surface area contributed by atoms with Crippen LogP contribution in [0.4, 0.5) is 11.4 Å². The van der Waals surface area contributed by atoms with Crippen molar-refractivity contribution in [1.29, 1.82) is 0 Å². The first-order chi connectivity index (χ1) is 16.0. The summed E-state index contributed by atoms with van der Waals surface area (Å²) >= 11 is 0. The number of benzene rings is 4. The van der Waals surface area contributed by atoms with E-state index in [-0.39, 0.29) is 18.4 Å². The van der Waals surface area contributed by atoms with Crippen molar-refractivity contribution in [3.63, 3.8) is 0 Å². The molecule has 0 aliphatic carbocycles. The van der Waals surface area contributed by atoms with Crippen molar-refractivity contribution in [1.82, 2.24) is 0 Å². The fourth-order valence-corrected chi connectivity index (χ4v) is 3.70. The van der Waals surface area contributed by atoms with Gasteiger partial charge in [0.2, 0.25) is 0 Å². The molecular weight excluding hydrogens is 412 g/mol. The molecule has 1 N–H and O–H groups in total. The van der Waals surface area contributed by atoms with Crippen molar-refractivity contribution < 1.29 is 14.3 Å². The van der Waals surface area contributed by atoms with Gasteiger partial charge in [-0.3, -0.25) is 9.59 Å². The minimum Gasteiger partial charge on any atom is -0.484 e. The van der Waals surface area contributed by atoms with Crippen LogP contribution in [-0.2, 0) is 4.79 Å². The van der Waals surface area contributed by atoms with E-state index in [2.05, 4.69) is 5.32 Å². The van der Waals surface area contributed by atoms with E-state index < -0.39 is 0 Å². The van der Waals surface area contributed by atoms with E-state index >= 15 is 0 Å². The second kappa shape index (κ2) is 10.0. The van der Waals surface area contributed by atoms with Crippen LogP contribution >= 0.6 is 0 Å². The number of carbonyl (C=O) groups excluding carboxylic acids is 2. The molecule has 0 spiro atoms. The molecule has 33 heavy (non-hydrogen) atoms. The molecule has 4 aromatic rings. The minimum absolute atomic E-state index is 0.0885. The van der Waals surface area contributed by atoms with Crippen LogP contribution in [0, 0.1) is 6.92 Å². The van der Waals surface area contributed by atoms with Crippen LogP contribution in [0.2, 0.25) is 0 Å². The summed E-state index contributed by atoms with van der Waals surface area (Å²) in [5.74, 6) is 0.291. The summed E-state index contributed by atoms with van der Waals surface area (Å²) in [6, 6.07) is 28.4. The van der Waals surface area contributed by atoms with Gasteiger partial charge < -0.3 is 15.0 Å². The molecule has 0 saturated heterocycles. The van der Waals surface area contributed by atoms with Gasteiger partial charge in [-0.1, -0.05) is 54.1 Å². The Morgan fingerprint density at radius 1 is 0.848 bits per heavy atom. The highest BCUT2D eigenvalue weighted by atomic mass is 16.5. The van der Waals surface area contributed by atoms with Crippen LogP contribution in [0.5, 0.6) is 5.75 Å². The lowest BCUT2D eigenvalue weighted by Crippen LogP contribution is -2.30. The summed E-state index contributed by atoms with van der Waals surface area (Å²) in [7, 11) is 0. The summed E-state index contributed by atoms with van der Waals surface area (Å²) in [5.41, 5.74) is 3.17. The smallest absolute Gasteiger partial charge is 0.262 e. The lowest BCUT2D eigenvalue weighted by atomic mass is 10.1. The van der Waals surface area contributed by atoms with Gasteiger partial charge in [0.25, 0.3) is 11.8 Å². The number of hydrogen-bond acceptors (Lipinski definition) is 3. The minimum atomic E-state index is -0.263. The van der Waals surface area contributed by atoms with Gasteiger partial charge in [0.15, 0.2) is 6.61 Å². The Bertz CT molecular complexity index is 1260. The molecule has 166 valence electrons. The maximum absolute atomic E-state index is 13.3. The molecule has 0 atom stereocenters. The number of hydrogen-bond donors (Lipinski definition) is 1. The SMILES string of the molecule is CCN(C(=O)c1ccc(NC(=O)COc2ccc(C)cc2)cc1)c1cccc2ccccc12. The number of nitrogens with zero attached hydrogens (tertiary/aromatic N) is 1. The Kier molecular flexibility index (Phi) is 6.69. The van der Waals surface area contributed by atoms with Crippen molar-refractivity contribution in [2.45, 2.75) is 13.8 Å². The Labute approximate surface area is 193 Å². The normalized spacial score (nSPS) is 10.6. The van der Waals surface area contributed by atoms with Gasteiger partial charge in [-0.05, 0) is 61.7 Å². The van der Waals surface area contributed by atoms with Gasteiger partial charge in [-0.2, -0.15) is 0 Å². The number of fused-ring (bicyclic) bond motifs is 1. The van der Waals surface area contributed by atoms with Gasteiger partial charge in [-0.15, -0.1) is 0 Å². The highest BCUT2D eigenvalue weighted by Gasteiger charge is 2.18.